The highest BCUT2D eigenvalue weighted by molar-refractivity contribution is 7.99. The number of aromatic nitrogens is 3. The smallest absolute Gasteiger partial charge is 0.303 e. The Labute approximate surface area is 231 Å². The molecule has 2 heterocycles. The van der Waals surface area contributed by atoms with Gasteiger partial charge in [-0.1, -0.05) is 67.2 Å². The largest absolute Gasteiger partial charge is 0.481 e. The average molecular weight is 555 g/mol. The van der Waals surface area contributed by atoms with Crippen LogP contribution in [-0.2, 0) is 39.3 Å². The number of carboxylic acid groups (broad SMARTS) is 1. The maximum absolute atomic E-state index is 12.0. The Morgan fingerprint density at radius 2 is 1.72 bits per heavy atom. The van der Waals surface area contributed by atoms with Crippen LogP contribution < -0.4 is 5.32 Å². The Bertz CT molecular complexity index is 1230. The molecule has 0 saturated carbocycles. The van der Waals surface area contributed by atoms with Gasteiger partial charge in [-0.15, -0.1) is 10.2 Å². The molecule has 0 spiro atoms. The number of rotatable bonds is 12. The Kier molecular flexibility index (Phi) is 10.1. The lowest BCUT2D eigenvalue weighted by Gasteiger charge is -2.41. The van der Waals surface area contributed by atoms with Crippen molar-refractivity contribution >= 4 is 23.6 Å². The maximum atomic E-state index is 12.0. The van der Waals surface area contributed by atoms with Crippen molar-refractivity contribution in [3.8, 4) is 0 Å². The fourth-order valence-corrected chi connectivity index (χ4v) is 5.40. The van der Waals surface area contributed by atoms with Crippen LogP contribution in [0.15, 0.2) is 60.0 Å². The van der Waals surface area contributed by atoms with Crippen molar-refractivity contribution in [1.29, 1.82) is 0 Å². The molecule has 39 heavy (non-hydrogen) atoms. The molecule has 3 N–H and O–H groups in total. The second-order valence-electron chi connectivity index (χ2n) is 9.62. The summed E-state index contributed by atoms with van der Waals surface area (Å²) in [5.74, 6) is -0.354. The minimum atomic E-state index is -0.904. The molecule has 1 aromatic heterocycles. The van der Waals surface area contributed by atoms with E-state index in [1.807, 2.05) is 60.1 Å². The summed E-state index contributed by atoms with van der Waals surface area (Å²) >= 11 is 1.59. The van der Waals surface area contributed by atoms with Crippen molar-refractivity contribution in [2.75, 3.05) is 5.75 Å². The summed E-state index contributed by atoms with van der Waals surface area (Å²) < 4.78 is 14.8. The molecule has 4 rings (SSSR count). The lowest BCUT2D eigenvalue weighted by molar-refractivity contribution is -0.268. The van der Waals surface area contributed by atoms with Crippen LogP contribution in [0.5, 0.6) is 0 Å². The number of amides is 1. The molecule has 1 saturated heterocycles. The zero-order chi connectivity index (χ0) is 27.8. The van der Waals surface area contributed by atoms with E-state index in [-0.39, 0.29) is 43.5 Å². The van der Waals surface area contributed by atoms with E-state index in [0.29, 0.717) is 18.7 Å². The summed E-state index contributed by atoms with van der Waals surface area (Å²) in [5.41, 5.74) is 3.64. The van der Waals surface area contributed by atoms with Gasteiger partial charge < -0.3 is 29.6 Å². The van der Waals surface area contributed by atoms with Gasteiger partial charge in [0, 0.05) is 43.7 Å². The molecule has 10 nitrogen and oxygen atoms in total. The van der Waals surface area contributed by atoms with Gasteiger partial charge in [-0.2, -0.15) is 0 Å². The van der Waals surface area contributed by atoms with E-state index in [2.05, 4.69) is 22.4 Å². The van der Waals surface area contributed by atoms with Gasteiger partial charge in [0.1, 0.15) is 6.33 Å². The Morgan fingerprint density at radius 3 is 2.36 bits per heavy atom. The number of carbonyl (C=O) groups is 2. The van der Waals surface area contributed by atoms with Crippen LogP contribution in [-0.4, -0.2) is 48.7 Å². The van der Waals surface area contributed by atoms with Crippen molar-refractivity contribution in [2.45, 2.75) is 63.0 Å². The number of benzene rings is 2. The normalized spacial score (nSPS) is 21.0. The van der Waals surface area contributed by atoms with Gasteiger partial charge in [-0.25, -0.2) is 0 Å². The van der Waals surface area contributed by atoms with Gasteiger partial charge in [-0.3, -0.25) is 9.59 Å². The highest BCUT2D eigenvalue weighted by Crippen LogP contribution is 2.42. The molecular weight excluding hydrogens is 520 g/mol. The standard InChI is InChI=1S/C28H34N4O6S/c1-18-23(16-39-28-31-30-17-32(28)2)37-27(38-26(18)21-10-8-20(15-33)9-11-21)22-12-6-19(7-13-22)14-29-24(34)4-3-5-25(35)36/h6-13,17-18,23,26-27,33H,3-5,14-16H2,1-2H3,(H,29,34)(H,35,36). The van der Waals surface area contributed by atoms with Crippen molar-refractivity contribution in [2.24, 2.45) is 13.0 Å². The van der Waals surface area contributed by atoms with E-state index in [1.54, 1.807) is 18.1 Å². The molecular formula is C28H34N4O6S. The summed E-state index contributed by atoms with van der Waals surface area (Å²) in [5, 5.41) is 29.9. The SMILES string of the molecule is CC1C(CSc2nncn2C)OC(c2ccc(CNC(=O)CCCC(=O)O)cc2)OC1c1ccc(CO)cc1. The average Bonchev–Trinajstić information content (AvgIpc) is 3.36. The summed E-state index contributed by atoms with van der Waals surface area (Å²) in [4.78, 5) is 22.6. The molecule has 1 fully saturated rings. The van der Waals surface area contributed by atoms with Gasteiger partial charge in [0.05, 0.1) is 18.8 Å². The Balaban J connectivity index is 1.44. The molecule has 1 aliphatic heterocycles. The van der Waals surface area contributed by atoms with Gasteiger partial charge >= 0.3 is 5.97 Å². The van der Waals surface area contributed by atoms with Crippen LogP contribution in [0.2, 0.25) is 0 Å². The summed E-state index contributed by atoms with van der Waals surface area (Å²) in [7, 11) is 1.91. The summed E-state index contributed by atoms with van der Waals surface area (Å²) in [6.45, 7) is 2.45. The van der Waals surface area contributed by atoms with Crippen molar-refractivity contribution in [3.63, 3.8) is 0 Å². The van der Waals surface area contributed by atoms with Crippen molar-refractivity contribution in [1.82, 2.24) is 20.1 Å². The number of ether oxygens (including phenoxy) is 2. The number of thioether (sulfide) groups is 1. The zero-order valence-corrected chi connectivity index (χ0v) is 22.8. The molecule has 3 aromatic rings. The first-order valence-corrected chi connectivity index (χ1v) is 13.9. The molecule has 4 atom stereocenters. The van der Waals surface area contributed by atoms with Gasteiger partial charge in [-0.05, 0) is 23.1 Å². The quantitative estimate of drug-likeness (QED) is 0.286. The number of hydrogen-bond acceptors (Lipinski definition) is 8. The molecule has 11 heteroatoms. The second kappa shape index (κ2) is 13.7. The lowest BCUT2D eigenvalue weighted by Crippen LogP contribution is -2.38. The molecule has 0 radical (unpaired) electrons. The number of aliphatic carboxylic acids is 1. The van der Waals surface area contributed by atoms with Crippen molar-refractivity contribution < 1.29 is 29.3 Å². The minimum absolute atomic E-state index is 0.0147. The van der Waals surface area contributed by atoms with E-state index in [0.717, 1.165) is 27.4 Å². The second-order valence-corrected chi connectivity index (χ2v) is 10.6. The van der Waals surface area contributed by atoms with Crippen molar-refractivity contribution in [3.05, 3.63) is 77.1 Å². The highest BCUT2D eigenvalue weighted by atomic mass is 32.2. The molecule has 1 amide bonds. The van der Waals surface area contributed by atoms with Crippen LogP contribution in [0.1, 0.15) is 60.8 Å². The monoisotopic (exact) mass is 554 g/mol. The topological polar surface area (TPSA) is 136 Å². The molecule has 0 aliphatic carbocycles. The van der Waals surface area contributed by atoms with E-state index in [1.165, 1.54) is 0 Å². The first-order valence-electron chi connectivity index (χ1n) is 12.9. The fourth-order valence-electron chi connectivity index (χ4n) is 4.35. The number of aryl methyl sites for hydroxylation is 1. The fraction of sp³-hybridized carbons (Fsp3) is 0.429. The number of aliphatic hydroxyl groups excluding tert-OH is 1. The van der Waals surface area contributed by atoms with Crippen LogP contribution in [0.4, 0.5) is 0 Å². The molecule has 4 unspecified atom stereocenters. The number of aliphatic hydroxyl groups is 1. The van der Waals surface area contributed by atoms with Crippen LogP contribution >= 0.6 is 11.8 Å². The van der Waals surface area contributed by atoms with E-state index < -0.39 is 12.3 Å². The number of hydrogen-bond donors (Lipinski definition) is 3. The maximum Gasteiger partial charge on any atom is 0.303 e. The van der Waals surface area contributed by atoms with Gasteiger partial charge in [0.25, 0.3) is 0 Å². The first-order chi connectivity index (χ1) is 18.8. The van der Waals surface area contributed by atoms with Crippen LogP contribution in [0, 0.1) is 5.92 Å². The third kappa shape index (κ3) is 7.89. The third-order valence-electron chi connectivity index (χ3n) is 6.71. The number of nitrogens with zero attached hydrogens (tertiary/aromatic N) is 3. The Morgan fingerprint density at radius 1 is 1.03 bits per heavy atom. The Hall–Kier alpha value is -3.25. The molecule has 0 bridgehead atoms. The zero-order valence-electron chi connectivity index (χ0n) is 22.0. The lowest BCUT2D eigenvalue weighted by atomic mass is 9.91. The number of nitrogens with one attached hydrogen (secondary N) is 1. The number of carbonyl (C=O) groups excluding carboxylic acids is 1. The van der Waals surface area contributed by atoms with E-state index in [9.17, 15) is 14.7 Å². The molecule has 1 aliphatic rings. The molecule has 2 aromatic carbocycles. The summed E-state index contributed by atoms with van der Waals surface area (Å²) in [6, 6.07) is 15.5. The highest BCUT2D eigenvalue weighted by Gasteiger charge is 2.38. The van der Waals surface area contributed by atoms with Crippen LogP contribution in [0.3, 0.4) is 0 Å². The first kappa shape index (κ1) is 28.8. The summed E-state index contributed by atoms with van der Waals surface area (Å²) in [6.07, 6.45) is 1.21. The van der Waals surface area contributed by atoms with E-state index in [4.69, 9.17) is 14.6 Å². The predicted octanol–water partition coefficient (Wildman–Crippen LogP) is 3.76. The molecule has 208 valence electrons. The van der Waals surface area contributed by atoms with E-state index >= 15 is 0 Å². The van der Waals surface area contributed by atoms with Gasteiger partial charge in [0.2, 0.25) is 5.91 Å². The third-order valence-corrected chi connectivity index (χ3v) is 7.83. The predicted molar refractivity (Wildman–Crippen MR) is 144 cm³/mol. The van der Waals surface area contributed by atoms with Gasteiger partial charge in [0.15, 0.2) is 11.4 Å². The van der Waals surface area contributed by atoms with Crippen LogP contribution in [0.25, 0.3) is 0 Å². The number of carboxylic acids is 1. The minimum Gasteiger partial charge on any atom is -0.481 e.